The summed E-state index contributed by atoms with van der Waals surface area (Å²) >= 11 is 0. The number of piperazine rings is 1. The normalized spacial score (nSPS) is 21.8. The first-order valence-corrected chi connectivity index (χ1v) is 9.66. The Morgan fingerprint density at radius 3 is 2.08 bits per heavy atom. The van der Waals surface area contributed by atoms with Crippen molar-refractivity contribution in [3.63, 3.8) is 0 Å². The van der Waals surface area contributed by atoms with E-state index in [1.54, 1.807) is 17.0 Å². The number of hydrogen-bond donors (Lipinski definition) is 1. The van der Waals surface area contributed by atoms with Crippen molar-refractivity contribution in [3.8, 4) is 0 Å². The first-order valence-electron chi connectivity index (χ1n) is 8.16. The van der Waals surface area contributed by atoms with Crippen molar-refractivity contribution in [1.29, 1.82) is 0 Å². The first kappa shape index (κ1) is 17.3. The minimum absolute atomic E-state index is 0.0145. The predicted molar refractivity (Wildman–Crippen MR) is 87.8 cm³/mol. The largest absolute Gasteiger partial charge is 0.339 e. The van der Waals surface area contributed by atoms with E-state index in [0.717, 1.165) is 31.2 Å². The molecule has 6 nitrogen and oxygen atoms in total. The van der Waals surface area contributed by atoms with Crippen LogP contribution < -0.4 is 5.14 Å². The molecule has 2 fully saturated rings. The molecule has 1 heterocycles. The lowest BCUT2D eigenvalue weighted by molar-refractivity contribution is -0.138. The molecule has 1 aromatic rings. The van der Waals surface area contributed by atoms with Crippen LogP contribution in [0.3, 0.4) is 0 Å². The van der Waals surface area contributed by atoms with Crippen LogP contribution in [-0.4, -0.2) is 49.7 Å². The third-order valence-corrected chi connectivity index (χ3v) is 6.23. The molecule has 8 heteroatoms. The van der Waals surface area contributed by atoms with Gasteiger partial charge in [-0.2, -0.15) is 12.7 Å². The number of nitrogens with zero attached hydrogens (tertiary/aromatic N) is 2. The molecule has 0 atom stereocenters. The maximum absolute atomic E-state index is 13.2. The van der Waals surface area contributed by atoms with Gasteiger partial charge in [-0.1, -0.05) is 25.0 Å². The van der Waals surface area contributed by atoms with E-state index in [1.807, 2.05) is 0 Å². The second-order valence-corrected chi connectivity index (χ2v) is 8.08. The average Bonchev–Trinajstić information content (AvgIpc) is 3.05. The van der Waals surface area contributed by atoms with Crippen LogP contribution in [0.15, 0.2) is 24.3 Å². The summed E-state index contributed by atoms with van der Waals surface area (Å²) in [4.78, 5) is 14.9. The van der Waals surface area contributed by atoms with E-state index in [0.29, 0.717) is 13.1 Å². The van der Waals surface area contributed by atoms with Crippen molar-refractivity contribution >= 4 is 16.1 Å². The van der Waals surface area contributed by atoms with Gasteiger partial charge in [0.15, 0.2) is 0 Å². The van der Waals surface area contributed by atoms with E-state index in [2.05, 4.69) is 0 Å². The molecule has 2 aliphatic rings. The molecule has 0 spiro atoms. The highest BCUT2D eigenvalue weighted by molar-refractivity contribution is 7.86. The van der Waals surface area contributed by atoms with Crippen LogP contribution in [0.25, 0.3) is 0 Å². The number of carbonyl (C=O) groups is 1. The Kier molecular flexibility index (Phi) is 4.63. The van der Waals surface area contributed by atoms with Gasteiger partial charge in [-0.15, -0.1) is 0 Å². The standard InChI is InChI=1S/C16H22FN3O3S/c17-14-5-3-13(4-6-14)16(7-1-2-8-16)15(21)19-9-11-20(12-10-19)24(18,22)23/h3-6H,1-2,7-12H2,(H2,18,22,23). The first-order chi connectivity index (χ1) is 11.3. The zero-order chi connectivity index (χ0) is 17.4. The van der Waals surface area contributed by atoms with Gasteiger partial charge in [-0.05, 0) is 30.5 Å². The Bertz CT molecular complexity index is 707. The van der Waals surface area contributed by atoms with E-state index in [9.17, 15) is 17.6 Å². The van der Waals surface area contributed by atoms with Crippen molar-refractivity contribution in [2.45, 2.75) is 31.1 Å². The monoisotopic (exact) mass is 355 g/mol. The van der Waals surface area contributed by atoms with Gasteiger partial charge in [-0.25, -0.2) is 9.53 Å². The van der Waals surface area contributed by atoms with E-state index in [4.69, 9.17) is 5.14 Å². The van der Waals surface area contributed by atoms with E-state index in [1.165, 1.54) is 16.4 Å². The molecule has 1 aromatic carbocycles. The summed E-state index contributed by atoms with van der Waals surface area (Å²) in [6.07, 6.45) is 3.40. The minimum atomic E-state index is -3.71. The van der Waals surface area contributed by atoms with Gasteiger partial charge in [0.25, 0.3) is 10.2 Å². The number of rotatable bonds is 3. The highest BCUT2D eigenvalue weighted by Crippen LogP contribution is 2.42. The number of benzene rings is 1. The molecular weight excluding hydrogens is 333 g/mol. The van der Waals surface area contributed by atoms with Crippen LogP contribution in [0.1, 0.15) is 31.2 Å². The van der Waals surface area contributed by atoms with Crippen LogP contribution >= 0.6 is 0 Å². The lowest BCUT2D eigenvalue weighted by Gasteiger charge is -2.39. The van der Waals surface area contributed by atoms with Crippen molar-refractivity contribution in [2.75, 3.05) is 26.2 Å². The van der Waals surface area contributed by atoms with E-state index in [-0.39, 0.29) is 24.8 Å². The summed E-state index contributed by atoms with van der Waals surface area (Å²) in [6, 6.07) is 6.17. The molecule has 3 rings (SSSR count). The lowest BCUT2D eigenvalue weighted by Crippen LogP contribution is -2.56. The molecule has 132 valence electrons. The summed E-state index contributed by atoms with van der Waals surface area (Å²) in [5.41, 5.74) is 0.234. The molecule has 0 aromatic heterocycles. The number of halogens is 1. The van der Waals surface area contributed by atoms with Crippen molar-refractivity contribution in [3.05, 3.63) is 35.6 Å². The lowest BCUT2D eigenvalue weighted by atomic mass is 9.77. The van der Waals surface area contributed by atoms with Gasteiger partial charge < -0.3 is 4.90 Å². The molecule has 2 N–H and O–H groups in total. The van der Waals surface area contributed by atoms with Crippen LogP contribution in [0.4, 0.5) is 4.39 Å². The number of nitrogens with two attached hydrogens (primary N) is 1. The van der Waals surface area contributed by atoms with Gasteiger partial charge >= 0.3 is 0 Å². The van der Waals surface area contributed by atoms with Crippen LogP contribution in [0.2, 0.25) is 0 Å². The third-order valence-electron chi connectivity index (χ3n) is 5.15. The van der Waals surface area contributed by atoms with Gasteiger partial charge in [0.05, 0.1) is 5.41 Å². The smallest absolute Gasteiger partial charge is 0.277 e. The number of hydrogen-bond acceptors (Lipinski definition) is 3. The van der Waals surface area contributed by atoms with Crippen molar-refractivity contribution in [2.24, 2.45) is 5.14 Å². The summed E-state index contributed by atoms with van der Waals surface area (Å²) in [7, 11) is -3.71. The minimum Gasteiger partial charge on any atom is -0.339 e. The fourth-order valence-electron chi connectivity index (χ4n) is 3.82. The van der Waals surface area contributed by atoms with Crippen LogP contribution in [0.5, 0.6) is 0 Å². The van der Waals surface area contributed by atoms with E-state index >= 15 is 0 Å². The highest BCUT2D eigenvalue weighted by Gasteiger charge is 2.45. The maximum atomic E-state index is 13.2. The van der Waals surface area contributed by atoms with Crippen molar-refractivity contribution in [1.82, 2.24) is 9.21 Å². The Hall–Kier alpha value is -1.51. The topological polar surface area (TPSA) is 83.7 Å². The second kappa shape index (κ2) is 6.42. The SMILES string of the molecule is NS(=O)(=O)N1CCN(C(=O)C2(c3ccc(F)cc3)CCCC2)CC1. The molecule has 0 unspecified atom stereocenters. The maximum Gasteiger partial charge on any atom is 0.277 e. The second-order valence-electron chi connectivity index (χ2n) is 6.53. The van der Waals surface area contributed by atoms with Crippen LogP contribution in [0, 0.1) is 5.82 Å². The Labute approximate surface area is 141 Å². The molecule has 0 bridgehead atoms. The Balaban J connectivity index is 1.80. The number of carbonyl (C=O) groups excluding carboxylic acids is 1. The fraction of sp³-hybridized carbons (Fsp3) is 0.562. The molecule has 1 amide bonds. The zero-order valence-electron chi connectivity index (χ0n) is 13.4. The molecule has 24 heavy (non-hydrogen) atoms. The Morgan fingerprint density at radius 2 is 1.58 bits per heavy atom. The molecule has 1 aliphatic heterocycles. The quantitative estimate of drug-likeness (QED) is 0.877. The van der Waals surface area contributed by atoms with Gasteiger partial charge in [0, 0.05) is 26.2 Å². The van der Waals surface area contributed by atoms with Gasteiger partial charge in [-0.3, -0.25) is 4.79 Å². The fourth-order valence-corrected chi connectivity index (χ4v) is 4.49. The van der Waals surface area contributed by atoms with Gasteiger partial charge in [0.1, 0.15) is 5.82 Å². The Morgan fingerprint density at radius 1 is 1.04 bits per heavy atom. The summed E-state index contributed by atoms with van der Waals surface area (Å²) in [6.45, 7) is 1.09. The summed E-state index contributed by atoms with van der Waals surface area (Å²) in [5, 5.41) is 5.14. The van der Waals surface area contributed by atoms with E-state index < -0.39 is 15.6 Å². The highest BCUT2D eigenvalue weighted by atomic mass is 32.2. The molecule has 0 radical (unpaired) electrons. The molecule has 1 saturated carbocycles. The molecule has 1 aliphatic carbocycles. The summed E-state index contributed by atoms with van der Waals surface area (Å²) in [5.74, 6) is -0.304. The predicted octanol–water partition coefficient (Wildman–Crippen LogP) is 0.985. The molecular formula is C16H22FN3O3S. The third kappa shape index (κ3) is 3.18. The van der Waals surface area contributed by atoms with Crippen LogP contribution in [-0.2, 0) is 20.4 Å². The number of amides is 1. The zero-order valence-corrected chi connectivity index (χ0v) is 14.3. The van der Waals surface area contributed by atoms with Gasteiger partial charge in [0.2, 0.25) is 5.91 Å². The summed E-state index contributed by atoms with van der Waals surface area (Å²) < 4.78 is 37.2. The average molecular weight is 355 g/mol. The van der Waals surface area contributed by atoms with Crippen molar-refractivity contribution < 1.29 is 17.6 Å². The molecule has 1 saturated heterocycles.